The van der Waals surface area contributed by atoms with Gasteiger partial charge < -0.3 is 33.8 Å². The number of ether oxygens (including phenoxy) is 4. The van der Waals surface area contributed by atoms with Gasteiger partial charge in [0.25, 0.3) is 0 Å². The van der Waals surface area contributed by atoms with Crippen LogP contribution in [0.4, 0.5) is 0 Å². The first kappa shape index (κ1) is 102. The number of hydrogen-bond donors (Lipinski definition) is 3. The van der Waals surface area contributed by atoms with Crippen molar-refractivity contribution >= 4 is 39.5 Å². The van der Waals surface area contributed by atoms with Crippen molar-refractivity contribution in [1.82, 2.24) is 0 Å². The Morgan fingerprint density at radius 1 is 0.269 bits per heavy atom. The normalized spacial score (nSPS) is 14.5. The van der Waals surface area contributed by atoms with Crippen LogP contribution in [0.2, 0.25) is 0 Å². The molecular weight excluding hydrogens is 1350 g/mol. The third kappa shape index (κ3) is 75.5. The molecule has 104 heavy (non-hydrogen) atoms. The van der Waals surface area contributed by atoms with Gasteiger partial charge in [0.05, 0.1) is 26.4 Å². The molecule has 0 saturated carbocycles. The molecule has 0 radical (unpaired) electrons. The van der Waals surface area contributed by atoms with Crippen molar-refractivity contribution in [2.75, 3.05) is 39.6 Å². The van der Waals surface area contributed by atoms with Crippen LogP contribution in [0.1, 0.15) is 441 Å². The predicted octanol–water partition coefficient (Wildman–Crippen LogP) is 25.6. The van der Waals surface area contributed by atoms with E-state index in [1.54, 1.807) is 0 Å². The maximum Gasteiger partial charge on any atom is 0.472 e. The van der Waals surface area contributed by atoms with Gasteiger partial charge in [0, 0.05) is 25.7 Å². The van der Waals surface area contributed by atoms with E-state index in [9.17, 15) is 43.2 Å². The summed E-state index contributed by atoms with van der Waals surface area (Å²) < 4.78 is 68.7. The molecule has 7 atom stereocenters. The second-order valence-corrected chi connectivity index (χ2v) is 34.9. The molecular formula is C85H166O17P2. The smallest absolute Gasteiger partial charge is 0.462 e. The summed E-state index contributed by atoms with van der Waals surface area (Å²) in [5.41, 5.74) is 0. The highest BCUT2D eigenvalue weighted by atomic mass is 31.2. The minimum Gasteiger partial charge on any atom is -0.462 e. The molecule has 0 saturated heterocycles. The van der Waals surface area contributed by atoms with Crippen LogP contribution in [0.5, 0.6) is 0 Å². The Morgan fingerprint density at radius 2 is 0.462 bits per heavy atom. The molecule has 0 heterocycles. The van der Waals surface area contributed by atoms with Crippen molar-refractivity contribution in [3.63, 3.8) is 0 Å². The Morgan fingerprint density at radius 3 is 0.683 bits per heavy atom. The van der Waals surface area contributed by atoms with E-state index in [0.29, 0.717) is 37.5 Å². The molecule has 618 valence electrons. The Labute approximate surface area is 638 Å². The lowest BCUT2D eigenvalue weighted by molar-refractivity contribution is -0.161. The third-order valence-corrected chi connectivity index (χ3v) is 22.4. The minimum absolute atomic E-state index is 0.104. The molecule has 0 aromatic rings. The molecule has 0 fully saturated rings. The number of phosphoric ester groups is 2. The van der Waals surface area contributed by atoms with Crippen molar-refractivity contribution < 1.29 is 80.2 Å². The molecule has 5 unspecified atom stereocenters. The van der Waals surface area contributed by atoms with Crippen LogP contribution in [0.3, 0.4) is 0 Å². The van der Waals surface area contributed by atoms with Gasteiger partial charge in [0.1, 0.15) is 19.3 Å². The monoisotopic (exact) mass is 1520 g/mol. The fourth-order valence-electron chi connectivity index (χ4n) is 13.1. The van der Waals surface area contributed by atoms with Crippen LogP contribution in [-0.4, -0.2) is 96.7 Å². The Hall–Kier alpha value is -1.94. The van der Waals surface area contributed by atoms with Gasteiger partial charge in [0.2, 0.25) is 0 Å². The van der Waals surface area contributed by atoms with Gasteiger partial charge in [-0.05, 0) is 49.4 Å². The van der Waals surface area contributed by atoms with Gasteiger partial charge in [-0.1, -0.05) is 389 Å². The van der Waals surface area contributed by atoms with Crippen molar-refractivity contribution in [2.45, 2.75) is 459 Å². The van der Waals surface area contributed by atoms with E-state index in [0.717, 1.165) is 108 Å². The molecule has 0 aromatic carbocycles. The first-order chi connectivity index (χ1) is 50.2. The average Bonchev–Trinajstić information content (AvgIpc) is 0.982. The molecule has 0 rings (SSSR count). The van der Waals surface area contributed by atoms with Gasteiger partial charge in [-0.25, -0.2) is 9.13 Å². The van der Waals surface area contributed by atoms with Crippen LogP contribution < -0.4 is 0 Å². The topological polar surface area (TPSA) is 237 Å². The molecule has 0 aliphatic rings. The predicted molar refractivity (Wildman–Crippen MR) is 428 cm³/mol. The molecule has 0 bridgehead atoms. The van der Waals surface area contributed by atoms with Gasteiger partial charge in [-0.15, -0.1) is 0 Å². The van der Waals surface area contributed by atoms with Gasteiger partial charge >= 0.3 is 39.5 Å². The first-order valence-corrected chi connectivity index (χ1v) is 46.8. The molecule has 0 aromatic heterocycles. The van der Waals surface area contributed by atoms with E-state index in [1.807, 2.05) is 0 Å². The van der Waals surface area contributed by atoms with E-state index >= 15 is 0 Å². The summed E-state index contributed by atoms with van der Waals surface area (Å²) in [7, 11) is -9.92. The van der Waals surface area contributed by atoms with Crippen molar-refractivity contribution in [1.29, 1.82) is 0 Å². The van der Waals surface area contributed by atoms with Crippen molar-refractivity contribution in [3.8, 4) is 0 Å². The summed E-state index contributed by atoms with van der Waals surface area (Å²) >= 11 is 0. The lowest BCUT2D eigenvalue weighted by atomic mass is 9.99. The average molecular weight is 1520 g/mol. The third-order valence-electron chi connectivity index (χ3n) is 20.5. The summed E-state index contributed by atoms with van der Waals surface area (Å²) in [6.45, 7) is 14.3. The van der Waals surface area contributed by atoms with E-state index < -0.39 is 97.5 Å². The zero-order valence-corrected chi connectivity index (χ0v) is 70.5. The second kappa shape index (κ2) is 73.8. The lowest BCUT2D eigenvalue weighted by Gasteiger charge is -2.21. The summed E-state index contributed by atoms with van der Waals surface area (Å²) in [4.78, 5) is 73.0. The van der Waals surface area contributed by atoms with Crippen molar-refractivity contribution in [2.24, 2.45) is 23.7 Å². The van der Waals surface area contributed by atoms with Crippen LogP contribution in [0, 0.1) is 23.7 Å². The van der Waals surface area contributed by atoms with Gasteiger partial charge in [-0.2, -0.15) is 0 Å². The molecule has 17 nitrogen and oxygen atoms in total. The second-order valence-electron chi connectivity index (χ2n) is 32.0. The molecule has 0 aliphatic carbocycles. The van der Waals surface area contributed by atoms with Crippen LogP contribution in [0.25, 0.3) is 0 Å². The number of aliphatic hydroxyl groups is 1. The molecule has 19 heteroatoms. The molecule has 3 N–H and O–H groups in total. The van der Waals surface area contributed by atoms with E-state index in [-0.39, 0.29) is 25.7 Å². The number of rotatable bonds is 82. The number of aliphatic hydroxyl groups excluding tert-OH is 1. The van der Waals surface area contributed by atoms with Gasteiger partial charge in [-0.3, -0.25) is 37.3 Å². The Bertz CT molecular complexity index is 2030. The van der Waals surface area contributed by atoms with Crippen LogP contribution in [0.15, 0.2) is 0 Å². The minimum atomic E-state index is -4.96. The summed E-state index contributed by atoms with van der Waals surface area (Å²) in [5.74, 6) is 1.03. The molecule has 0 aliphatic heterocycles. The van der Waals surface area contributed by atoms with E-state index in [4.69, 9.17) is 37.0 Å². The van der Waals surface area contributed by atoms with Crippen LogP contribution >= 0.6 is 15.6 Å². The number of esters is 4. The number of hydrogen-bond acceptors (Lipinski definition) is 15. The maximum atomic E-state index is 13.1. The number of carbonyl (C=O) groups is 4. The Kier molecular flexibility index (Phi) is 72.5. The van der Waals surface area contributed by atoms with E-state index in [1.165, 1.54) is 238 Å². The van der Waals surface area contributed by atoms with Gasteiger partial charge in [0.15, 0.2) is 12.2 Å². The van der Waals surface area contributed by atoms with E-state index in [2.05, 4.69) is 55.4 Å². The first-order valence-electron chi connectivity index (χ1n) is 43.8. The summed E-state index contributed by atoms with van der Waals surface area (Å²) in [6, 6.07) is 0. The Balaban J connectivity index is 5.09. The maximum absolute atomic E-state index is 13.1. The fourth-order valence-corrected chi connectivity index (χ4v) is 14.7. The molecule has 0 spiro atoms. The quantitative estimate of drug-likeness (QED) is 0.0222. The number of unbranched alkanes of at least 4 members (excludes halogenated alkanes) is 46. The highest BCUT2D eigenvalue weighted by Crippen LogP contribution is 2.45. The zero-order chi connectivity index (χ0) is 76.7. The standard InChI is InChI=1S/C85H166O17P2/c1-9-77(7)63-55-47-39-31-27-23-19-15-11-13-17-21-25-29-33-41-49-57-65-82(87)95-71-81(102-85(90)68-60-52-44-36-38-46-54-62-76(5)6)74-100-104(93,94)98-70-79(86)69-97-103(91,92)99-73-80(72-96-83(88)66-58-50-43-35-37-45-53-61-75(3)4)101-84(89)67-59-51-42-34-30-26-22-18-14-12-16-20-24-28-32-40-48-56-64-78(8)10-2/h75-81,86H,9-74H2,1-8H3,(H,91,92)(H,93,94)/t77?,78?,79?,80-,81-/m1/s1. The number of carbonyl (C=O) groups excluding carboxylic acids is 4. The lowest BCUT2D eigenvalue weighted by Crippen LogP contribution is -2.30. The highest BCUT2D eigenvalue weighted by molar-refractivity contribution is 7.47. The SMILES string of the molecule is CCC(C)CCCCCCCCCCCCCCCCCCCCC(=O)OC[C@H](COP(=O)(O)OCC(O)COP(=O)(O)OC[C@@H](COC(=O)CCCCCCCCCC(C)C)OC(=O)CCCCCCCCCCCCCCCCCCCCC(C)CC)OC(=O)CCCCCCCCCC(C)C. The number of phosphoric acid groups is 2. The highest BCUT2D eigenvalue weighted by Gasteiger charge is 2.30. The largest absolute Gasteiger partial charge is 0.472 e. The fraction of sp³-hybridized carbons (Fsp3) is 0.953. The molecule has 0 amide bonds. The summed E-state index contributed by atoms with van der Waals surface area (Å²) in [5, 5.41) is 10.6. The zero-order valence-electron chi connectivity index (χ0n) is 68.7. The van der Waals surface area contributed by atoms with Crippen molar-refractivity contribution in [3.05, 3.63) is 0 Å². The summed E-state index contributed by atoms with van der Waals surface area (Å²) in [6.07, 6.45) is 62.8. The van der Waals surface area contributed by atoms with Crippen LogP contribution in [-0.2, 0) is 65.4 Å².